The molecule has 2 aromatic carbocycles. The first-order chi connectivity index (χ1) is 15.7. The molecule has 0 saturated carbocycles. The fourth-order valence-corrected chi connectivity index (χ4v) is 5.61. The third-order valence-electron chi connectivity index (χ3n) is 5.69. The van der Waals surface area contributed by atoms with Gasteiger partial charge in [0.25, 0.3) is 5.91 Å². The number of carbonyl (C=O) groups is 2. The van der Waals surface area contributed by atoms with Gasteiger partial charge in [-0.05, 0) is 56.2 Å². The molecule has 0 unspecified atom stereocenters. The lowest BCUT2D eigenvalue weighted by Gasteiger charge is -2.31. The van der Waals surface area contributed by atoms with Gasteiger partial charge in [0, 0.05) is 18.1 Å². The number of amides is 2. The van der Waals surface area contributed by atoms with Crippen molar-refractivity contribution in [2.45, 2.75) is 30.8 Å². The molecule has 33 heavy (non-hydrogen) atoms. The van der Waals surface area contributed by atoms with E-state index >= 15 is 0 Å². The molecule has 2 heterocycles. The van der Waals surface area contributed by atoms with Crippen molar-refractivity contribution < 1.29 is 27.5 Å². The largest absolute Gasteiger partial charge is 0.495 e. The minimum absolute atomic E-state index is 0.0253. The average molecular weight is 494 g/mol. The fraction of sp³-hybridized carbons (Fsp3) is 0.364. The van der Waals surface area contributed by atoms with Crippen molar-refractivity contribution in [3.8, 4) is 11.5 Å². The Balaban J connectivity index is 1.51. The summed E-state index contributed by atoms with van der Waals surface area (Å²) in [6, 6.07) is 9.23. The van der Waals surface area contributed by atoms with E-state index in [-0.39, 0.29) is 23.3 Å². The van der Waals surface area contributed by atoms with Gasteiger partial charge in [-0.1, -0.05) is 11.6 Å². The van der Waals surface area contributed by atoms with Gasteiger partial charge in [0.2, 0.25) is 15.9 Å². The highest BCUT2D eigenvalue weighted by atomic mass is 35.5. The molecule has 0 bridgehead atoms. The lowest BCUT2D eigenvalue weighted by molar-refractivity contribution is -0.123. The highest BCUT2D eigenvalue weighted by Crippen LogP contribution is 2.34. The van der Waals surface area contributed by atoms with Gasteiger partial charge in [-0.3, -0.25) is 9.59 Å². The van der Waals surface area contributed by atoms with Crippen molar-refractivity contribution >= 4 is 44.8 Å². The Morgan fingerprint density at radius 1 is 1.27 bits per heavy atom. The molecule has 0 spiro atoms. The summed E-state index contributed by atoms with van der Waals surface area (Å²) in [5.74, 6) is -0.328. The number of hydrogen-bond donors (Lipinski definition) is 2. The van der Waals surface area contributed by atoms with Gasteiger partial charge in [-0.15, -0.1) is 0 Å². The number of rotatable bonds is 5. The second-order valence-electron chi connectivity index (χ2n) is 7.94. The van der Waals surface area contributed by atoms with Gasteiger partial charge in [-0.25, -0.2) is 8.42 Å². The number of fused-ring (bicyclic) bond motifs is 1. The molecule has 2 atom stereocenters. The highest BCUT2D eigenvalue weighted by molar-refractivity contribution is 7.89. The summed E-state index contributed by atoms with van der Waals surface area (Å²) in [4.78, 5) is 24.8. The fourth-order valence-electron chi connectivity index (χ4n) is 3.88. The molecule has 9 nitrogen and oxygen atoms in total. The van der Waals surface area contributed by atoms with Crippen LogP contribution in [-0.2, 0) is 19.6 Å². The van der Waals surface area contributed by atoms with E-state index < -0.39 is 22.0 Å². The summed E-state index contributed by atoms with van der Waals surface area (Å²) in [7, 11) is -2.40. The number of methoxy groups -OCH3 is 1. The normalized spacial score (nSPS) is 20.9. The molecule has 0 aromatic heterocycles. The van der Waals surface area contributed by atoms with Crippen LogP contribution < -0.4 is 20.1 Å². The van der Waals surface area contributed by atoms with Crippen molar-refractivity contribution in [3.05, 3.63) is 41.4 Å². The number of ether oxygens (including phenoxy) is 2. The zero-order valence-electron chi connectivity index (χ0n) is 18.1. The molecule has 2 amide bonds. The van der Waals surface area contributed by atoms with Crippen LogP contribution in [-0.4, -0.2) is 50.8 Å². The number of carbonyl (C=O) groups excluding carboxylic acids is 2. The molecule has 1 saturated heterocycles. The van der Waals surface area contributed by atoms with Gasteiger partial charge in [-0.2, -0.15) is 4.31 Å². The van der Waals surface area contributed by atoms with E-state index in [0.29, 0.717) is 47.3 Å². The number of halogens is 1. The highest BCUT2D eigenvalue weighted by Gasteiger charge is 2.34. The maximum Gasteiger partial charge on any atom is 0.265 e. The maximum atomic E-state index is 13.3. The number of sulfonamides is 1. The van der Waals surface area contributed by atoms with Gasteiger partial charge in [0.1, 0.15) is 11.5 Å². The smallest absolute Gasteiger partial charge is 0.265 e. The quantitative estimate of drug-likeness (QED) is 0.661. The standard InChI is InChI=1S/C22H24ClN3O6S/c1-13-21(27)24-18-11-16(6-8-20(18)32-13)33(29,30)26-9-3-4-14(12-26)22(28)25-17-10-15(23)5-7-19(17)31-2/h5-8,10-11,13-14H,3-4,9,12H2,1-2H3,(H,24,27)(H,25,28)/t13-,14-/m1/s1. The topological polar surface area (TPSA) is 114 Å². The molecule has 0 radical (unpaired) electrons. The van der Waals surface area contributed by atoms with Crippen molar-refractivity contribution in [1.29, 1.82) is 0 Å². The third-order valence-corrected chi connectivity index (χ3v) is 7.79. The summed E-state index contributed by atoms with van der Waals surface area (Å²) >= 11 is 6.03. The van der Waals surface area contributed by atoms with E-state index in [1.54, 1.807) is 25.1 Å². The number of nitrogens with one attached hydrogen (secondary N) is 2. The van der Waals surface area contributed by atoms with Crippen LogP contribution in [0.15, 0.2) is 41.3 Å². The van der Waals surface area contributed by atoms with Gasteiger partial charge >= 0.3 is 0 Å². The summed E-state index contributed by atoms with van der Waals surface area (Å²) < 4.78 is 38.6. The van der Waals surface area contributed by atoms with Crippen LogP contribution in [0.25, 0.3) is 0 Å². The van der Waals surface area contributed by atoms with E-state index in [1.165, 1.54) is 29.6 Å². The first-order valence-corrected chi connectivity index (χ1v) is 12.3. The predicted molar refractivity (Wildman–Crippen MR) is 123 cm³/mol. The Hall–Kier alpha value is -2.82. The Labute approximate surface area is 197 Å². The lowest BCUT2D eigenvalue weighted by Crippen LogP contribution is -2.43. The number of piperidine rings is 1. The Bertz CT molecular complexity index is 1200. The maximum absolute atomic E-state index is 13.3. The lowest BCUT2D eigenvalue weighted by atomic mass is 9.98. The van der Waals surface area contributed by atoms with Crippen LogP contribution in [0.5, 0.6) is 11.5 Å². The SMILES string of the molecule is COc1ccc(Cl)cc1NC(=O)[C@@H]1CCCN(S(=O)(=O)c2ccc3c(c2)NC(=O)[C@@H](C)O3)C1. The molecule has 2 aliphatic heterocycles. The van der Waals surface area contributed by atoms with Crippen LogP contribution in [0.3, 0.4) is 0 Å². The zero-order valence-corrected chi connectivity index (χ0v) is 19.7. The third kappa shape index (κ3) is 4.78. The molecule has 2 aromatic rings. The molecule has 1 fully saturated rings. The second-order valence-corrected chi connectivity index (χ2v) is 10.3. The predicted octanol–water partition coefficient (Wildman–Crippen LogP) is 3.11. The van der Waals surface area contributed by atoms with Crippen LogP contribution in [0.4, 0.5) is 11.4 Å². The molecular weight excluding hydrogens is 470 g/mol. The molecule has 2 N–H and O–H groups in total. The monoisotopic (exact) mass is 493 g/mol. The van der Waals surface area contributed by atoms with Crippen molar-refractivity contribution in [2.75, 3.05) is 30.8 Å². The summed E-state index contributed by atoms with van der Waals surface area (Å²) in [5.41, 5.74) is 0.730. The van der Waals surface area contributed by atoms with E-state index in [9.17, 15) is 18.0 Å². The van der Waals surface area contributed by atoms with E-state index in [1.807, 2.05) is 0 Å². The molecule has 0 aliphatic carbocycles. The average Bonchev–Trinajstić information content (AvgIpc) is 2.79. The number of nitrogens with zero attached hydrogens (tertiary/aromatic N) is 1. The van der Waals surface area contributed by atoms with Crippen LogP contribution in [0.1, 0.15) is 19.8 Å². The van der Waals surface area contributed by atoms with Gasteiger partial charge < -0.3 is 20.1 Å². The molecule has 2 aliphatic rings. The van der Waals surface area contributed by atoms with E-state index in [0.717, 1.165) is 0 Å². The van der Waals surface area contributed by atoms with Gasteiger partial charge in [0.15, 0.2) is 6.10 Å². The Kier molecular flexibility index (Phi) is 6.51. The Morgan fingerprint density at radius 2 is 2.06 bits per heavy atom. The molecular formula is C22H24ClN3O6S. The number of hydrogen-bond acceptors (Lipinski definition) is 6. The first kappa shape index (κ1) is 23.3. The summed E-state index contributed by atoms with van der Waals surface area (Å²) in [6.45, 7) is 1.94. The number of anilines is 2. The number of benzene rings is 2. The van der Waals surface area contributed by atoms with Crippen molar-refractivity contribution in [1.82, 2.24) is 4.31 Å². The van der Waals surface area contributed by atoms with Crippen molar-refractivity contribution in [3.63, 3.8) is 0 Å². The summed E-state index contributed by atoms with van der Waals surface area (Å²) in [6.07, 6.45) is 0.429. The first-order valence-electron chi connectivity index (χ1n) is 10.4. The zero-order chi connectivity index (χ0) is 23.8. The van der Waals surface area contributed by atoms with Crippen LogP contribution >= 0.6 is 11.6 Å². The Morgan fingerprint density at radius 3 is 2.82 bits per heavy atom. The molecule has 11 heteroatoms. The van der Waals surface area contributed by atoms with Gasteiger partial charge in [0.05, 0.1) is 29.3 Å². The van der Waals surface area contributed by atoms with E-state index in [4.69, 9.17) is 21.1 Å². The van der Waals surface area contributed by atoms with Crippen LogP contribution in [0, 0.1) is 5.92 Å². The summed E-state index contributed by atoms with van der Waals surface area (Å²) in [5, 5.41) is 5.90. The van der Waals surface area contributed by atoms with Crippen LogP contribution in [0.2, 0.25) is 5.02 Å². The molecule has 4 rings (SSSR count). The van der Waals surface area contributed by atoms with Crippen molar-refractivity contribution in [2.24, 2.45) is 5.92 Å². The molecule has 176 valence electrons. The second kappa shape index (κ2) is 9.20. The minimum Gasteiger partial charge on any atom is -0.495 e. The van der Waals surface area contributed by atoms with E-state index in [2.05, 4.69) is 10.6 Å². The minimum atomic E-state index is -3.88.